The van der Waals surface area contributed by atoms with Gasteiger partial charge in [-0.15, -0.1) is 0 Å². The van der Waals surface area contributed by atoms with Gasteiger partial charge in [0.2, 0.25) is 11.9 Å². The second kappa shape index (κ2) is 6.53. The molecule has 2 aromatic rings. The molecule has 2 N–H and O–H groups in total. The Bertz CT molecular complexity index is 638. The van der Waals surface area contributed by atoms with E-state index in [0.29, 0.717) is 11.6 Å². The number of rotatable bonds is 5. The molecule has 1 heterocycles. The van der Waals surface area contributed by atoms with Gasteiger partial charge in [-0.1, -0.05) is 11.6 Å². The lowest BCUT2D eigenvalue weighted by molar-refractivity contribution is 0.222. The normalized spacial score (nSPS) is 10.6. The number of halogens is 2. The third-order valence-corrected chi connectivity index (χ3v) is 2.65. The van der Waals surface area contributed by atoms with E-state index in [2.05, 4.69) is 25.6 Å². The number of hydrogen-bond donors (Lipinski definition) is 2. The number of hydrogen-bond acceptors (Lipinski definition) is 6. The number of nitrogens with zero attached hydrogens (tertiary/aromatic N) is 3. The van der Waals surface area contributed by atoms with E-state index in [0.717, 1.165) is 0 Å². The fourth-order valence-electron chi connectivity index (χ4n) is 1.49. The molecule has 0 saturated carbocycles. The number of aromatic nitrogens is 3. The zero-order chi connectivity index (χ0) is 15.4. The van der Waals surface area contributed by atoms with E-state index >= 15 is 0 Å². The van der Waals surface area contributed by atoms with Gasteiger partial charge in [-0.2, -0.15) is 15.0 Å². The molecule has 0 aliphatic carbocycles. The smallest absolute Gasteiger partial charge is 0.323 e. The molecule has 0 aliphatic rings. The SMILES string of the molecule is CNc1nc(Nc2ccc(F)c(Cl)c2)nc(OC(C)C)n1. The quantitative estimate of drug-likeness (QED) is 0.883. The summed E-state index contributed by atoms with van der Waals surface area (Å²) < 4.78 is 18.6. The molecular weight excluding hydrogens is 297 g/mol. The summed E-state index contributed by atoms with van der Waals surface area (Å²) >= 11 is 5.73. The third kappa shape index (κ3) is 4.16. The first-order valence-corrected chi connectivity index (χ1v) is 6.68. The molecule has 0 unspecified atom stereocenters. The van der Waals surface area contributed by atoms with Crippen LogP contribution in [0.2, 0.25) is 5.02 Å². The summed E-state index contributed by atoms with van der Waals surface area (Å²) in [4.78, 5) is 12.4. The van der Waals surface area contributed by atoms with Crippen LogP contribution in [0.3, 0.4) is 0 Å². The van der Waals surface area contributed by atoms with Gasteiger partial charge in [0.15, 0.2) is 0 Å². The number of anilines is 3. The second-order valence-electron chi connectivity index (χ2n) is 4.44. The maximum atomic E-state index is 13.1. The predicted octanol–water partition coefficient (Wildman–Crippen LogP) is 3.24. The van der Waals surface area contributed by atoms with Gasteiger partial charge in [-0.05, 0) is 32.0 Å². The van der Waals surface area contributed by atoms with Crippen LogP contribution in [0.1, 0.15) is 13.8 Å². The Hall–Kier alpha value is -2.15. The van der Waals surface area contributed by atoms with Gasteiger partial charge in [0.1, 0.15) is 5.82 Å². The van der Waals surface area contributed by atoms with Crippen LogP contribution in [0.4, 0.5) is 22.0 Å². The van der Waals surface area contributed by atoms with Crippen LogP contribution < -0.4 is 15.4 Å². The largest absolute Gasteiger partial charge is 0.461 e. The van der Waals surface area contributed by atoms with Gasteiger partial charge in [-0.3, -0.25) is 0 Å². The Morgan fingerprint density at radius 2 is 1.90 bits per heavy atom. The van der Waals surface area contributed by atoms with Crippen molar-refractivity contribution in [3.8, 4) is 6.01 Å². The fraction of sp³-hybridized carbons (Fsp3) is 0.308. The van der Waals surface area contributed by atoms with Gasteiger partial charge < -0.3 is 15.4 Å². The van der Waals surface area contributed by atoms with Crippen molar-refractivity contribution in [3.05, 3.63) is 29.0 Å². The first-order chi connectivity index (χ1) is 9.97. The van der Waals surface area contributed by atoms with Crippen LogP contribution in [0.5, 0.6) is 6.01 Å². The molecule has 0 radical (unpaired) electrons. The Kier molecular flexibility index (Phi) is 4.74. The summed E-state index contributed by atoms with van der Waals surface area (Å²) in [6, 6.07) is 4.44. The first-order valence-electron chi connectivity index (χ1n) is 6.30. The molecule has 0 amide bonds. The van der Waals surface area contributed by atoms with Crippen LogP contribution in [0.25, 0.3) is 0 Å². The molecule has 0 spiro atoms. The van der Waals surface area contributed by atoms with Crippen molar-refractivity contribution in [3.63, 3.8) is 0 Å². The molecule has 0 bridgehead atoms. The maximum Gasteiger partial charge on any atom is 0.323 e. The lowest BCUT2D eigenvalue weighted by Crippen LogP contribution is -2.11. The fourth-order valence-corrected chi connectivity index (χ4v) is 1.67. The van der Waals surface area contributed by atoms with Crippen LogP contribution in [0, 0.1) is 5.82 Å². The standard InChI is InChI=1S/C13H15ClFN5O/c1-7(2)21-13-19-11(16-3)18-12(20-13)17-8-4-5-10(15)9(14)6-8/h4-7H,1-3H3,(H2,16,17,18,19,20). The van der Waals surface area contributed by atoms with Crippen molar-refractivity contribution in [1.29, 1.82) is 0 Å². The molecule has 1 aromatic heterocycles. The highest BCUT2D eigenvalue weighted by molar-refractivity contribution is 6.31. The minimum absolute atomic E-state index is 0.0153. The summed E-state index contributed by atoms with van der Waals surface area (Å²) in [5.74, 6) is 0.140. The van der Waals surface area contributed by atoms with E-state index in [9.17, 15) is 4.39 Å². The molecule has 112 valence electrons. The zero-order valence-corrected chi connectivity index (χ0v) is 12.6. The highest BCUT2D eigenvalue weighted by Crippen LogP contribution is 2.22. The molecule has 0 saturated heterocycles. The Labute approximate surface area is 126 Å². The summed E-state index contributed by atoms with van der Waals surface area (Å²) in [6.07, 6.45) is -0.0646. The number of benzene rings is 1. The average Bonchev–Trinajstić information content (AvgIpc) is 2.42. The van der Waals surface area contributed by atoms with E-state index in [1.807, 2.05) is 13.8 Å². The average molecular weight is 312 g/mol. The summed E-state index contributed by atoms with van der Waals surface area (Å²) in [7, 11) is 1.69. The van der Waals surface area contributed by atoms with Crippen molar-refractivity contribution < 1.29 is 9.13 Å². The number of ether oxygens (including phenoxy) is 1. The minimum atomic E-state index is -0.488. The van der Waals surface area contributed by atoms with Crippen molar-refractivity contribution in [2.45, 2.75) is 20.0 Å². The van der Waals surface area contributed by atoms with Crippen LogP contribution >= 0.6 is 11.6 Å². The van der Waals surface area contributed by atoms with E-state index in [4.69, 9.17) is 16.3 Å². The van der Waals surface area contributed by atoms with E-state index in [1.54, 1.807) is 7.05 Å². The molecule has 2 rings (SSSR count). The highest BCUT2D eigenvalue weighted by Gasteiger charge is 2.09. The van der Waals surface area contributed by atoms with Crippen molar-refractivity contribution in [2.24, 2.45) is 0 Å². The molecular formula is C13H15ClFN5O. The molecule has 0 atom stereocenters. The Balaban J connectivity index is 2.27. The van der Waals surface area contributed by atoms with Gasteiger partial charge in [0.25, 0.3) is 0 Å². The molecule has 1 aromatic carbocycles. The lowest BCUT2D eigenvalue weighted by Gasteiger charge is -2.11. The van der Waals surface area contributed by atoms with E-state index in [1.165, 1.54) is 18.2 Å². The topological polar surface area (TPSA) is 72.0 Å². The van der Waals surface area contributed by atoms with Crippen molar-refractivity contribution in [2.75, 3.05) is 17.7 Å². The lowest BCUT2D eigenvalue weighted by atomic mass is 10.3. The summed E-state index contributed by atoms with van der Waals surface area (Å²) in [6.45, 7) is 3.74. The summed E-state index contributed by atoms with van der Waals surface area (Å²) in [5.41, 5.74) is 0.560. The van der Waals surface area contributed by atoms with Crippen LogP contribution in [-0.4, -0.2) is 28.1 Å². The van der Waals surface area contributed by atoms with Crippen molar-refractivity contribution >= 4 is 29.2 Å². The second-order valence-corrected chi connectivity index (χ2v) is 4.84. The van der Waals surface area contributed by atoms with Gasteiger partial charge in [0.05, 0.1) is 11.1 Å². The van der Waals surface area contributed by atoms with Gasteiger partial charge in [-0.25, -0.2) is 4.39 Å². The van der Waals surface area contributed by atoms with Gasteiger partial charge in [0, 0.05) is 12.7 Å². The number of nitrogens with one attached hydrogen (secondary N) is 2. The summed E-state index contributed by atoms with van der Waals surface area (Å²) in [5, 5.41) is 5.76. The van der Waals surface area contributed by atoms with Crippen LogP contribution in [-0.2, 0) is 0 Å². The molecule has 21 heavy (non-hydrogen) atoms. The van der Waals surface area contributed by atoms with Crippen LogP contribution in [0.15, 0.2) is 18.2 Å². The van der Waals surface area contributed by atoms with E-state index < -0.39 is 5.82 Å². The molecule has 0 aliphatic heterocycles. The highest BCUT2D eigenvalue weighted by atomic mass is 35.5. The minimum Gasteiger partial charge on any atom is -0.461 e. The maximum absolute atomic E-state index is 13.1. The predicted molar refractivity (Wildman–Crippen MR) is 79.8 cm³/mol. The zero-order valence-electron chi connectivity index (χ0n) is 11.8. The van der Waals surface area contributed by atoms with Gasteiger partial charge >= 0.3 is 6.01 Å². The Morgan fingerprint density at radius 3 is 2.52 bits per heavy atom. The third-order valence-electron chi connectivity index (χ3n) is 2.36. The molecule has 8 heteroatoms. The monoisotopic (exact) mass is 311 g/mol. The first kappa shape index (κ1) is 15.2. The Morgan fingerprint density at radius 1 is 1.19 bits per heavy atom. The molecule has 6 nitrogen and oxygen atoms in total. The molecule has 0 fully saturated rings. The van der Waals surface area contributed by atoms with Crippen molar-refractivity contribution in [1.82, 2.24) is 15.0 Å². The van der Waals surface area contributed by atoms with E-state index in [-0.39, 0.29) is 23.1 Å².